The van der Waals surface area contributed by atoms with Crippen molar-refractivity contribution in [2.75, 3.05) is 20.0 Å². The Balaban J connectivity index is 0.000000263. The van der Waals surface area contributed by atoms with Gasteiger partial charge in [0, 0.05) is 23.7 Å². The Labute approximate surface area is 216 Å². The summed E-state index contributed by atoms with van der Waals surface area (Å²) in [6.07, 6.45) is 0. The first-order chi connectivity index (χ1) is 16.4. The zero-order valence-corrected chi connectivity index (χ0v) is 24.5. The third kappa shape index (κ3) is 9.82. The summed E-state index contributed by atoms with van der Waals surface area (Å²) >= 11 is 0. The van der Waals surface area contributed by atoms with Crippen LogP contribution in [0.1, 0.15) is 106 Å². The first-order valence-corrected chi connectivity index (χ1v) is 13.5. The Morgan fingerprint density at radius 1 is 0.429 bits per heavy atom. The van der Waals surface area contributed by atoms with Crippen LogP contribution in [-0.4, -0.2) is 20.0 Å². The molecule has 0 aliphatic carbocycles. The van der Waals surface area contributed by atoms with Gasteiger partial charge < -0.3 is 18.9 Å². The molecule has 0 radical (unpaired) electrons. The molecule has 0 unspecified atom stereocenters. The van der Waals surface area contributed by atoms with Gasteiger partial charge in [0.2, 0.25) is 6.79 Å². The quantitative estimate of drug-likeness (QED) is 0.400. The van der Waals surface area contributed by atoms with Crippen LogP contribution in [0.4, 0.5) is 0 Å². The van der Waals surface area contributed by atoms with Crippen LogP contribution in [0.5, 0.6) is 0 Å². The van der Waals surface area contributed by atoms with Crippen molar-refractivity contribution >= 4 is 0 Å². The van der Waals surface area contributed by atoms with Gasteiger partial charge in [0.25, 0.3) is 0 Å². The molecule has 2 heterocycles. The van der Waals surface area contributed by atoms with Crippen LogP contribution in [0.2, 0.25) is 0 Å². The zero-order chi connectivity index (χ0) is 26.7. The molecular formula is C31H52O4. The molecule has 0 saturated heterocycles. The molecule has 0 bridgehead atoms. The van der Waals surface area contributed by atoms with E-state index in [1.165, 1.54) is 11.1 Å². The fourth-order valence-electron chi connectivity index (χ4n) is 4.11. The Hall–Kier alpha value is -2.10. The number of allylic oxidation sites excluding steroid dienone is 4. The first kappa shape index (κ1) is 30.9. The zero-order valence-electron chi connectivity index (χ0n) is 24.5. The van der Waals surface area contributed by atoms with Gasteiger partial charge in [-0.2, -0.15) is 0 Å². The lowest BCUT2D eigenvalue weighted by Crippen LogP contribution is -2.19. The topological polar surface area (TPSA) is 36.9 Å². The summed E-state index contributed by atoms with van der Waals surface area (Å²) in [5.41, 5.74) is 2.99. The van der Waals surface area contributed by atoms with Gasteiger partial charge in [0.1, 0.15) is 36.3 Å². The highest BCUT2D eigenvalue weighted by Gasteiger charge is 2.22. The molecule has 0 fully saturated rings. The van der Waals surface area contributed by atoms with E-state index in [-0.39, 0.29) is 0 Å². The average Bonchev–Trinajstić information content (AvgIpc) is 3.31. The van der Waals surface area contributed by atoms with Crippen molar-refractivity contribution in [3.63, 3.8) is 0 Å². The maximum atomic E-state index is 5.57. The Bertz CT molecular complexity index is 748. The van der Waals surface area contributed by atoms with Gasteiger partial charge in [-0.25, -0.2) is 0 Å². The molecule has 0 saturated carbocycles. The minimum Gasteiger partial charge on any atom is -0.491 e. The molecule has 0 aromatic heterocycles. The molecule has 1 aromatic carbocycles. The smallest absolute Gasteiger partial charge is 0.230 e. The Morgan fingerprint density at radius 2 is 0.714 bits per heavy atom. The second-order valence-electron chi connectivity index (χ2n) is 11.1. The van der Waals surface area contributed by atoms with Gasteiger partial charge in [-0.1, -0.05) is 107 Å². The predicted octanol–water partition coefficient (Wildman–Crippen LogP) is 9.00. The maximum absolute atomic E-state index is 5.57. The molecule has 4 nitrogen and oxygen atoms in total. The van der Waals surface area contributed by atoms with Gasteiger partial charge in [0.15, 0.2) is 0 Å². The van der Waals surface area contributed by atoms with Crippen molar-refractivity contribution in [1.82, 2.24) is 0 Å². The highest BCUT2D eigenvalue weighted by atomic mass is 16.7. The van der Waals surface area contributed by atoms with E-state index in [0.29, 0.717) is 55.5 Å². The van der Waals surface area contributed by atoms with Crippen LogP contribution in [-0.2, 0) is 18.9 Å². The SMILES string of the molecule is CC(C)C1=C(C(C)C)OCCO1.CC(C)C1=C(C(C)C)OCO1.CC(C)c1ccccc1C(C)C. The second kappa shape index (κ2) is 15.1. The van der Waals surface area contributed by atoms with Gasteiger partial charge in [-0.05, 0) is 23.0 Å². The molecule has 2 aliphatic rings. The third-order valence-electron chi connectivity index (χ3n) is 5.85. The monoisotopic (exact) mass is 488 g/mol. The van der Waals surface area contributed by atoms with Crippen LogP contribution in [0.25, 0.3) is 0 Å². The van der Waals surface area contributed by atoms with Crippen LogP contribution in [0, 0.1) is 23.7 Å². The molecule has 200 valence electrons. The predicted molar refractivity (Wildman–Crippen MR) is 147 cm³/mol. The summed E-state index contributed by atoms with van der Waals surface area (Å²) in [7, 11) is 0. The van der Waals surface area contributed by atoms with Crippen molar-refractivity contribution in [3.8, 4) is 0 Å². The lowest BCUT2D eigenvalue weighted by Gasteiger charge is -2.26. The molecular weight excluding hydrogens is 436 g/mol. The second-order valence-corrected chi connectivity index (χ2v) is 11.1. The normalized spacial score (nSPS) is 15.6. The lowest BCUT2D eigenvalue weighted by atomic mass is 9.91. The highest BCUT2D eigenvalue weighted by molar-refractivity contribution is 5.31. The van der Waals surface area contributed by atoms with E-state index in [1.54, 1.807) is 0 Å². The van der Waals surface area contributed by atoms with E-state index in [0.717, 1.165) is 23.0 Å². The number of hydrogen-bond acceptors (Lipinski definition) is 4. The standard InChI is InChI=1S/C12H18.C10H18O2.C9H16O2/c1-9(2)11-7-5-6-8-12(11)10(3)4;1-7(2)9-10(8(3)4)12-6-5-11-9;1-6(2)8-9(7(3)4)11-5-10-8/h5-10H,1-4H3;7-8H,5-6H2,1-4H3;6-7H,5H2,1-4H3. The van der Waals surface area contributed by atoms with Crippen molar-refractivity contribution in [2.24, 2.45) is 23.7 Å². The highest BCUT2D eigenvalue weighted by Crippen LogP contribution is 2.28. The minimum atomic E-state index is 0.404. The molecule has 0 amide bonds. The molecule has 3 rings (SSSR count). The summed E-state index contributed by atoms with van der Waals surface area (Å²) in [6, 6.07) is 8.72. The third-order valence-corrected chi connectivity index (χ3v) is 5.85. The van der Waals surface area contributed by atoms with E-state index in [9.17, 15) is 0 Å². The van der Waals surface area contributed by atoms with Crippen LogP contribution in [0.15, 0.2) is 47.3 Å². The summed E-state index contributed by atoms with van der Waals surface area (Å²) < 4.78 is 21.8. The molecule has 0 spiro atoms. The van der Waals surface area contributed by atoms with Crippen molar-refractivity contribution in [3.05, 3.63) is 58.4 Å². The lowest BCUT2D eigenvalue weighted by molar-refractivity contribution is 0.0364. The van der Waals surface area contributed by atoms with Crippen molar-refractivity contribution in [1.29, 1.82) is 0 Å². The van der Waals surface area contributed by atoms with Gasteiger partial charge in [-0.15, -0.1) is 0 Å². The van der Waals surface area contributed by atoms with Gasteiger partial charge in [-0.3, -0.25) is 0 Å². The number of benzene rings is 1. The van der Waals surface area contributed by atoms with Crippen LogP contribution >= 0.6 is 0 Å². The fourth-order valence-corrected chi connectivity index (χ4v) is 4.11. The van der Waals surface area contributed by atoms with Crippen molar-refractivity contribution < 1.29 is 18.9 Å². The number of hydrogen-bond donors (Lipinski definition) is 0. The largest absolute Gasteiger partial charge is 0.491 e. The molecule has 35 heavy (non-hydrogen) atoms. The van der Waals surface area contributed by atoms with Crippen molar-refractivity contribution in [2.45, 2.75) is 94.9 Å². The average molecular weight is 489 g/mol. The van der Waals surface area contributed by atoms with E-state index in [1.807, 2.05) is 0 Å². The Kier molecular flexibility index (Phi) is 13.4. The summed E-state index contributed by atoms with van der Waals surface area (Å²) in [6.45, 7) is 27.8. The first-order valence-electron chi connectivity index (χ1n) is 13.5. The number of rotatable bonds is 6. The van der Waals surface area contributed by atoms with Gasteiger partial charge in [0.05, 0.1) is 0 Å². The molecule has 0 atom stereocenters. The summed E-state index contributed by atoms with van der Waals surface area (Å²) in [5.74, 6) is 7.16. The van der Waals surface area contributed by atoms with Crippen LogP contribution < -0.4 is 0 Å². The Morgan fingerprint density at radius 3 is 0.971 bits per heavy atom. The molecule has 4 heteroatoms. The molecule has 0 N–H and O–H groups in total. The number of ether oxygens (including phenoxy) is 4. The fraction of sp³-hybridized carbons (Fsp3) is 0.677. The molecule has 1 aromatic rings. The van der Waals surface area contributed by atoms with E-state index >= 15 is 0 Å². The summed E-state index contributed by atoms with van der Waals surface area (Å²) in [5, 5.41) is 0. The van der Waals surface area contributed by atoms with E-state index < -0.39 is 0 Å². The minimum absolute atomic E-state index is 0.404. The van der Waals surface area contributed by atoms with E-state index in [2.05, 4.69) is 107 Å². The maximum Gasteiger partial charge on any atom is 0.230 e. The summed E-state index contributed by atoms with van der Waals surface area (Å²) in [4.78, 5) is 0. The van der Waals surface area contributed by atoms with Crippen LogP contribution in [0.3, 0.4) is 0 Å². The van der Waals surface area contributed by atoms with E-state index in [4.69, 9.17) is 18.9 Å². The molecule has 2 aliphatic heterocycles. The van der Waals surface area contributed by atoms with Gasteiger partial charge >= 0.3 is 0 Å².